The number of hydrogen-bond acceptors (Lipinski definition) is 7. The first kappa shape index (κ1) is 25.1. The van der Waals surface area contributed by atoms with Crippen LogP contribution in [0.15, 0.2) is 29.3 Å². The molecule has 194 valence electrons. The van der Waals surface area contributed by atoms with E-state index in [1.54, 1.807) is 0 Å². The van der Waals surface area contributed by atoms with Gasteiger partial charge in [0.25, 0.3) is 20.2 Å². The second-order valence-electron chi connectivity index (χ2n) is 9.57. The fraction of sp³-hybridized carbons (Fsp3) is 0.500. The third-order valence-corrected chi connectivity index (χ3v) is 8.48. The second-order valence-corrected chi connectivity index (χ2v) is 12.7. The van der Waals surface area contributed by atoms with Crippen LogP contribution in [0.5, 0.6) is 11.5 Å². The zero-order chi connectivity index (χ0) is 25.5. The summed E-state index contributed by atoms with van der Waals surface area (Å²) in [4.78, 5) is 7.01. The largest absolute Gasteiger partial charge is 0.452 e. The normalized spacial score (nSPS) is 16.8. The van der Waals surface area contributed by atoms with Gasteiger partial charge in [0, 0.05) is 43.2 Å². The Morgan fingerprint density at radius 1 is 0.917 bits per heavy atom. The average Bonchev–Trinajstić information content (AvgIpc) is 2.79. The van der Waals surface area contributed by atoms with E-state index in [0.29, 0.717) is 37.4 Å². The molecule has 10 nitrogen and oxygen atoms in total. The van der Waals surface area contributed by atoms with E-state index in [1.807, 2.05) is 24.3 Å². The van der Waals surface area contributed by atoms with Gasteiger partial charge in [-0.1, -0.05) is 0 Å². The number of rotatable bonds is 8. The first-order chi connectivity index (χ1) is 17.1. The maximum absolute atomic E-state index is 11.1. The van der Waals surface area contributed by atoms with E-state index in [0.717, 1.165) is 72.0 Å². The molecule has 0 radical (unpaired) electrons. The van der Waals surface area contributed by atoms with E-state index in [9.17, 15) is 16.8 Å². The molecule has 3 heterocycles. The van der Waals surface area contributed by atoms with Gasteiger partial charge in [-0.2, -0.15) is 16.8 Å². The number of nitrogens with zero attached hydrogens (tertiary/aromatic N) is 3. The van der Waals surface area contributed by atoms with Gasteiger partial charge in [-0.15, -0.1) is 0 Å². The predicted molar refractivity (Wildman–Crippen MR) is 135 cm³/mol. The van der Waals surface area contributed by atoms with E-state index < -0.39 is 20.2 Å². The quantitative estimate of drug-likeness (QED) is 0.326. The predicted octanol–water partition coefficient (Wildman–Crippen LogP) is 1.49. The van der Waals surface area contributed by atoms with Gasteiger partial charge in [0.05, 0.1) is 17.6 Å². The van der Waals surface area contributed by atoms with E-state index in [1.165, 1.54) is 0 Å². The minimum absolute atomic E-state index is 0.269. The Bertz CT molecular complexity index is 1540. The molecule has 0 spiro atoms. The molecule has 0 fully saturated rings. The molecule has 5 rings (SSSR count). The van der Waals surface area contributed by atoms with Crippen LogP contribution >= 0.6 is 0 Å². The molecule has 0 atom stereocenters. The van der Waals surface area contributed by atoms with Gasteiger partial charge in [-0.05, 0) is 43.4 Å². The highest BCUT2D eigenvalue weighted by molar-refractivity contribution is 7.86. The van der Waals surface area contributed by atoms with Crippen LogP contribution in [0, 0.1) is 0 Å². The topological polar surface area (TPSA) is 137 Å². The Balaban J connectivity index is 1.45. The summed E-state index contributed by atoms with van der Waals surface area (Å²) in [5, 5.41) is 1.76. The van der Waals surface area contributed by atoms with Crippen molar-refractivity contribution in [2.75, 3.05) is 42.6 Å². The van der Waals surface area contributed by atoms with Gasteiger partial charge in [0.1, 0.15) is 24.1 Å². The second kappa shape index (κ2) is 9.73. The van der Waals surface area contributed by atoms with Crippen molar-refractivity contribution < 1.29 is 30.7 Å². The SMILES string of the molecule is O=S(=O)(O)CCCN1CCCc2cc3c(cc21)Oc1cc2c(cc1=N3)CCC[N+]=2CCCS(=O)(=O)O. The van der Waals surface area contributed by atoms with Gasteiger partial charge >= 0.3 is 0 Å². The van der Waals surface area contributed by atoms with Crippen molar-refractivity contribution in [3.8, 4) is 11.5 Å². The van der Waals surface area contributed by atoms with Gasteiger partial charge in [0.15, 0.2) is 11.5 Å². The van der Waals surface area contributed by atoms with Crippen molar-refractivity contribution in [3.05, 3.63) is 46.1 Å². The summed E-state index contributed by atoms with van der Waals surface area (Å²) in [6.07, 6.45) is 4.39. The Labute approximate surface area is 210 Å². The highest BCUT2D eigenvalue weighted by Gasteiger charge is 2.25. The minimum atomic E-state index is -3.99. The molecule has 0 saturated carbocycles. The summed E-state index contributed by atoms with van der Waals surface area (Å²) in [6, 6.07) is 8.02. The van der Waals surface area contributed by atoms with Gasteiger partial charge < -0.3 is 9.64 Å². The third-order valence-electron chi connectivity index (χ3n) is 6.87. The summed E-state index contributed by atoms with van der Waals surface area (Å²) in [7, 11) is -7.98. The lowest BCUT2D eigenvalue weighted by Crippen LogP contribution is -2.39. The number of hydrogen-bond donors (Lipinski definition) is 2. The molecule has 2 aromatic rings. The van der Waals surface area contributed by atoms with E-state index >= 15 is 0 Å². The average molecular weight is 537 g/mol. The number of fused-ring (bicyclic) bond motifs is 4. The molecule has 0 amide bonds. The van der Waals surface area contributed by atoms with Gasteiger partial charge in [-0.25, -0.2) is 9.57 Å². The summed E-state index contributed by atoms with van der Waals surface area (Å²) < 4.78 is 71.0. The van der Waals surface area contributed by atoms with E-state index in [-0.39, 0.29) is 11.5 Å². The molecule has 3 aliphatic rings. The van der Waals surface area contributed by atoms with Gasteiger partial charge in [0.2, 0.25) is 5.36 Å². The molecule has 0 saturated heterocycles. The van der Waals surface area contributed by atoms with Crippen molar-refractivity contribution in [1.82, 2.24) is 4.58 Å². The van der Waals surface area contributed by atoms with Crippen LogP contribution < -0.4 is 24.9 Å². The van der Waals surface area contributed by atoms with Crippen molar-refractivity contribution in [2.45, 2.75) is 38.5 Å². The van der Waals surface area contributed by atoms with Crippen LogP contribution in [0.2, 0.25) is 0 Å². The lowest BCUT2D eigenvalue weighted by Gasteiger charge is -2.32. The first-order valence-electron chi connectivity index (χ1n) is 12.2. The fourth-order valence-corrected chi connectivity index (χ4v) is 6.27. The molecular weight excluding hydrogens is 506 g/mol. The van der Waals surface area contributed by atoms with Crippen molar-refractivity contribution in [2.24, 2.45) is 4.99 Å². The van der Waals surface area contributed by atoms with Crippen LogP contribution in [-0.4, -0.2) is 63.6 Å². The Morgan fingerprint density at radius 2 is 1.67 bits per heavy atom. The van der Waals surface area contributed by atoms with Gasteiger partial charge in [-0.3, -0.25) is 9.11 Å². The minimum Gasteiger partial charge on any atom is -0.452 e. The highest BCUT2D eigenvalue weighted by atomic mass is 32.2. The molecule has 0 bridgehead atoms. The monoisotopic (exact) mass is 536 g/mol. The molecule has 3 aliphatic heterocycles. The summed E-state index contributed by atoms with van der Waals surface area (Å²) in [5.74, 6) is 0.733. The number of aryl methyl sites for hydroxylation is 2. The van der Waals surface area contributed by atoms with Crippen molar-refractivity contribution in [1.29, 1.82) is 0 Å². The molecule has 2 aromatic carbocycles. The van der Waals surface area contributed by atoms with Crippen LogP contribution in [0.3, 0.4) is 0 Å². The number of benzene rings is 2. The number of ether oxygens (including phenoxy) is 1. The zero-order valence-corrected chi connectivity index (χ0v) is 21.5. The Kier molecular flexibility index (Phi) is 6.79. The summed E-state index contributed by atoms with van der Waals surface area (Å²) in [6.45, 7) is 2.64. The van der Waals surface area contributed by atoms with Crippen molar-refractivity contribution in [3.63, 3.8) is 0 Å². The molecule has 0 aromatic heterocycles. The van der Waals surface area contributed by atoms with Crippen LogP contribution in [0.25, 0.3) is 0 Å². The number of anilines is 1. The highest BCUT2D eigenvalue weighted by Crippen LogP contribution is 2.41. The first-order valence-corrected chi connectivity index (χ1v) is 15.4. The van der Waals surface area contributed by atoms with Crippen molar-refractivity contribution >= 4 is 31.6 Å². The lowest BCUT2D eigenvalue weighted by molar-refractivity contribution is 0.458. The molecule has 36 heavy (non-hydrogen) atoms. The van der Waals surface area contributed by atoms with Crippen LogP contribution in [0.4, 0.5) is 11.4 Å². The molecule has 0 unspecified atom stereocenters. The maximum Gasteiger partial charge on any atom is 0.265 e. The molecular formula is C24H30N3O7S2+. The molecule has 0 aliphatic carbocycles. The summed E-state index contributed by atoms with van der Waals surface area (Å²) >= 11 is 0. The third kappa shape index (κ3) is 5.72. The fourth-order valence-electron chi connectivity index (χ4n) is 5.28. The standard InChI is InChI=1S/C24H29N3O7S2/c28-35(29,30)11-3-9-26-7-1-5-17-13-19-23(15-21(17)26)34-24-16-22-18(14-20(24)25-19)6-2-8-27(22)10-4-12-36(31,32)33/h13-16H,1-12H2,(H-,28,29,30,31,32,33)/p+1. The molecule has 12 heteroatoms. The summed E-state index contributed by atoms with van der Waals surface area (Å²) in [5.41, 5.74) is 4.05. The Morgan fingerprint density at radius 3 is 2.44 bits per heavy atom. The maximum atomic E-state index is 11.1. The van der Waals surface area contributed by atoms with Crippen LogP contribution in [-0.2, 0) is 33.1 Å². The van der Waals surface area contributed by atoms with E-state index in [4.69, 9.17) is 18.8 Å². The smallest absolute Gasteiger partial charge is 0.265 e. The van der Waals surface area contributed by atoms with Crippen LogP contribution in [0.1, 0.15) is 36.8 Å². The van der Waals surface area contributed by atoms with E-state index in [2.05, 4.69) is 9.48 Å². The molecule has 2 N–H and O–H groups in total. The lowest BCUT2D eigenvalue weighted by atomic mass is 9.99. The Hall–Kier alpha value is -2.54. The zero-order valence-electron chi connectivity index (χ0n) is 19.9.